The summed E-state index contributed by atoms with van der Waals surface area (Å²) in [5, 5.41) is 12.0. The van der Waals surface area contributed by atoms with Crippen LogP contribution in [0.4, 0.5) is 6.01 Å². The largest absolute Gasteiger partial charge is 0.478 e. The third kappa shape index (κ3) is 3.36. The standard InChI is InChI=1S/C13H16N2O4S/c1-8(20(2)18)5-6-14-13-15-10-4-3-9(12(16)17)7-11(10)19-13/h3-4,7-8H,5-6H2,1-2H3,(H,14,15)(H,16,17). The van der Waals surface area contributed by atoms with E-state index in [0.717, 1.165) is 6.42 Å². The molecular weight excluding hydrogens is 280 g/mol. The van der Waals surface area contributed by atoms with E-state index in [1.54, 1.807) is 12.3 Å². The van der Waals surface area contributed by atoms with Crippen LogP contribution in [0, 0.1) is 0 Å². The minimum Gasteiger partial charge on any atom is -0.478 e. The lowest BCUT2D eigenvalue weighted by atomic mass is 10.2. The first kappa shape index (κ1) is 14.5. The van der Waals surface area contributed by atoms with E-state index in [1.165, 1.54) is 12.1 Å². The van der Waals surface area contributed by atoms with Crippen LogP contribution >= 0.6 is 0 Å². The maximum atomic E-state index is 11.2. The molecule has 0 aliphatic heterocycles. The van der Waals surface area contributed by atoms with Crippen LogP contribution < -0.4 is 5.32 Å². The van der Waals surface area contributed by atoms with Gasteiger partial charge in [-0.3, -0.25) is 4.21 Å². The monoisotopic (exact) mass is 296 g/mol. The fourth-order valence-electron chi connectivity index (χ4n) is 1.68. The topological polar surface area (TPSA) is 92.4 Å². The molecule has 1 aromatic carbocycles. The molecule has 0 saturated carbocycles. The summed E-state index contributed by atoms with van der Waals surface area (Å²) in [5.74, 6) is -1.00. The zero-order valence-corrected chi connectivity index (χ0v) is 12.1. The van der Waals surface area contributed by atoms with Crippen LogP contribution in [0.1, 0.15) is 23.7 Å². The van der Waals surface area contributed by atoms with Gasteiger partial charge in [0.1, 0.15) is 5.52 Å². The first-order valence-corrected chi connectivity index (χ1v) is 7.79. The summed E-state index contributed by atoms with van der Waals surface area (Å²) < 4.78 is 16.7. The van der Waals surface area contributed by atoms with E-state index >= 15 is 0 Å². The normalized spacial score (nSPS) is 14.1. The van der Waals surface area contributed by atoms with Crippen molar-refractivity contribution in [3.63, 3.8) is 0 Å². The number of fused-ring (bicyclic) bond motifs is 1. The fraction of sp³-hybridized carbons (Fsp3) is 0.385. The van der Waals surface area contributed by atoms with Crippen LogP contribution in [0.15, 0.2) is 22.6 Å². The van der Waals surface area contributed by atoms with Gasteiger partial charge in [0.05, 0.1) is 5.56 Å². The van der Waals surface area contributed by atoms with Crippen molar-refractivity contribution in [2.24, 2.45) is 0 Å². The predicted molar refractivity (Wildman–Crippen MR) is 77.6 cm³/mol. The van der Waals surface area contributed by atoms with E-state index in [-0.39, 0.29) is 10.8 Å². The Morgan fingerprint density at radius 3 is 2.95 bits per heavy atom. The van der Waals surface area contributed by atoms with E-state index in [1.807, 2.05) is 6.92 Å². The molecule has 108 valence electrons. The Morgan fingerprint density at radius 2 is 2.30 bits per heavy atom. The molecule has 2 rings (SSSR count). The van der Waals surface area contributed by atoms with Crippen molar-refractivity contribution < 1.29 is 18.5 Å². The van der Waals surface area contributed by atoms with Crippen LogP contribution in [0.3, 0.4) is 0 Å². The Balaban J connectivity index is 2.04. The Hall–Kier alpha value is -1.89. The number of aromatic carboxylic acids is 1. The zero-order valence-electron chi connectivity index (χ0n) is 11.3. The summed E-state index contributed by atoms with van der Waals surface area (Å²) in [6.45, 7) is 2.52. The number of benzene rings is 1. The molecule has 2 aromatic rings. The maximum absolute atomic E-state index is 11.2. The van der Waals surface area contributed by atoms with Gasteiger partial charge in [0, 0.05) is 28.9 Å². The summed E-state index contributed by atoms with van der Waals surface area (Å²) in [4.78, 5) is 15.1. The zero-order chi connectivity index (χ0) is 14.7. The summed E-state index contributed by atoms with van der Waals surface area (Å²) in [7, 11) is -0.848. The number of hydrogen-bond donors (Lipinski definition) is 2. The Bertz CT molecular complexity index is 653. The fourth-order valence-corrected chi connectivity index (χ4v) is 2.13. The second-order valence-corrected chi connectivity index (χ2v) is 6.33. The number of hydrogen-bond acceptors (Lipinski definition) is 5. The van der Waals surface area contributed by atoms with Gasteiger partial charge in [-0.25, -0.2) is 4.79 Å². The Morgan fingerprint density at radius 1 is 1.55 bits per heavy atom. The SMILES string of the molecule is CC(CCNc1nc2ccc(C(=O)O)cc2o1)S(C)=O. The highest BCUT2D eigenvalue weighted by Gasteiger charge is 2.10. The molecule has 0 amide bonds. The van der Waals surface area contributed by atoms with Crippen molar-refractivity contribution in [3.8, 4) is 0 Å². The number of carboxylic acid groups (broad SMARTS) is 1. The van der Waals surface area contributed by atoms with Crippen LogP contribution in [0.25, 0.3) is 11.1 Å². The van der Waals surface area contributed by atoms with Crippen molar-refractivity contribution in [3.05, 3.63) is 23.8 Å². The lowest BCUT2D eigenvalue weighted by molar-refractivity contribution is 0.0697. The Labute approximate surface area is 118 Å². The second-order valence-electron chi connectivity index (χ2n) is 4.53. The molecule has 0 aliphatic carbocycles. The van der Waals surface area contributed by atoms with Crippen LogP contribution in [-0.4, -0.2) is 38.3 Å². The molecule has 0 radical (unpaired) electrons. The van der Waals surface area contributed by atoms with Gasteiger partial charge in [0.2, 0.25) is 0 Å². The van der Waals surface area contributed by atoms with E-state index in [9.17, 15) is 9.00 Å². The molecular formula is C13H16N2O4S. The summed E-state index contributed by atoms with van der Waals surface area (Å²) in [6, 6.07) is 4.88. The lowest BCUT2D eigenvalue weighted by Crippen LogP contribution is -2.14. The summed E-state index contributed by atoms with van der Waals surface area (Å²) >= 11 is 0. The van der Waals surface area contributed by atoms with Crippen molar-refractivity contribution in [1.29, 1.82) is 0 Å². The van der Waals surface area contributed by atoms with E-state index < -0.39 is 16.8 Å². The first-order valence-electron chi connectivity index (χ1n) is 6.17. The molecule has 6 nitrogen and oxygen atoms in total. The van der Waals surface area contributed by atoms with E-state index in [2.05, 4.69) is 10.3 Å². The van der Waals surface area contributed by atoms with Gasteiger partial charge in [-0.1, -0.05) is 6.92 Å². The van der Waals surface area contributed by atoms with Crippen molar-refractivity contribution >= 4 is 33.9 Å². The second kappa shape index (κ2) is 6.04. The van der Waals surface area contributed by atoms with Crippen molar-refractivity contribution in [2.75, 3.05) is 18.1 Å². The number of oxazole rings is 1. The van der Waals surface area contributed by atoms with E-state index in [4.69, 9.17) is 9.52 Å². The maximum Gasteiger partial charge on any atom is 0.335 e. The highest BCUT2D eigenvalue weighted by atomic mass is 32.2. The summed E-state index contributed by atoms with van der Waals surface area (Å²) in [6.07, 6.45) is 2.42. The Kier molecular flexibility index (Phi) is 4.39. The highest BCUT2D eigenvalue weighted by Crippen LogP contribution is 2.20. The number of aromatic nitrogens is 1. The van der Waals surface area contributed by atoms with Gasteiger partial charge >= 0.3 is 5.97 Å². The molecule has 1 aromatic heterocycles. The van der Waals surface area contributed by atoms with Crippen molar-refractivity contribution in [2.45, 2.75) is 18.6 Å². The van der Waals surface area contributed by atoms with E-state index in [0.29, 0.717) is 23.7 Å². The molecule has 0 spiro atoms. The minimum atomic E-state index is -1.00. The number of rotatable bonds is 6. The van der Waals surface area contributed by atoms with Gasteiger partial charge < -0.3 is 14.8 Å². The van der Waals surface area contributed by atoms with Gasteiger partial charge in [-0.15, -0.1) is 0 Å². The average molecular weight is 296 g/mol. The molecule has 0 saturated heterocycles. The molecule has 0 aliphatic rings. The quantitative estimate of drug-likeness (QED) is 0.848. The average Bonchev–Trinajstić information content (AvgIpc) is 2.79. The molecule has 20 heavy (non-hydrogen) atoms. The molecule has 2 unspecified atom stereocenters. The molecule has 2 N–H and O–H groups in total. The predicted octanol–water partition coefficient (Wildman–Crippen LogP) is 2.09. The molecule has 2 atom stereocenters. The molecule has 1 heterocycles. The molecule has 0 fully saturated rings. The number of nitrogens with zero attached hydrogens (tertiary/aromatic N) is 1. The third-order valence-corrected chi connectivity index (χ3v) is 4.40. The van der Waals surface area contributed by atoms with Crippen molar-refractivity contribution in [1.82, 2.24) is 4.98 Å². The lowest BCUT2D eigenvalue weighted by Gasteiger charge is -2.07. The smallest absolute Gasteiger partial charge is 0.335 e. The van der Waals surface area contributed by atoms with Gasteiger partial charge in [0.15, 0.2) is 5.58 Å². The number of nitrogens with one attached hydrogen (secondary N) is 1. The number of carboxylic acids is 1. The van der Waals surface area contributed by atoms with Gasteiger partial charge in [-0.2, -0.15) is 4.98 Å². The first-order chi connectivity index (χ1) is 9.47. The number of anilines is 1. The number of carbonyl (C=O) groups is 1. The molecule has 0 bridgehead atoms. The van der Waals surface area contributed by atoms with Crippen LogP contribution in [0.5, 0.6) is 0 Å². The molecule has 7 heteroatoms. The third-order valence-electron chi connectivity index (χ3n) is 3.03. The minimum absolute atomic E-state index is 0.102. The summed E-state index contributed by atoms with van der Waals surface area (Å²) in [5.41, 5.74) is 1.19. The van der Waals surface area contributed by atoms with Crippen LogP contribution in [0.2, 0.25) is 0 Å². The van der Waals surface area contributed by atoms with Gasteiger partial charge in [0.25, 0.3) is 6.01 Å². The van der Waals surface area contributed by atoms with Gasteiger partial charge in [-0.05, 0) is 24.6 Å². The van der Waals surface area contributed by atoms with Crippen LogP contribution in [-0.2, 0) is 10.8 Å². The highest BCUT2D eigenvalue weighted by molar-refractivity contribution is 7.84.